The van der Waals surface area contributed by atoms with E-state index < -0.39 is 11.7 Å². The maximum absolute atomic E-state index is 13.7. The van der Waals surface area contributed by atoms with Gasteiger partial charge in [-0.3, -0.25) is 9.59 Å². The normalized spacial score (nSPS) is 10.1. The predicted octanol–water partition coefficient (Wildman–Crippen LogP) is 2.65. The Labute approximate surface area is 139 Å². The van der Waals surface area contributed by atoms with Crippen molar-refractivity contribution in [1.82, 2.24) is 4.98 Å². The fraction of sp³-hybridized carbons (Fsp3) is 0.0714. The Morgan fingerprint density at radius 1 is 1.45 bits per heavy atom. The molecule has 1 heterocycles. The van der Waals surface area contributed by atoms with Crippen LogP contribution >= 0.6 is 22.6 Å². The third-order valence-corrected chi connectivity index (χ3v) is 3.03. The number of nitrogens with two attached hydrogens (primary N) is 1. The zero-order chi connectivity index (χ0) is 16.1. The third kappa shape index (κ3) is 3.70. The Kier molecular flexibility index (Phi) is 5.26. The number of hydrogen-bond acceptors (Lipinski definition) is 5. The monoisotopic (exact) mass is 415 g/mol. The molecule has 0 unspecified atom stereocenters. The summed E-state index contributed by atoms with van der Waals surface area (Å²) in [6.07, 6.45) is 2.02. The van der Waals surface area contributed by atoms with E-state index in [1.807, 2.05) is 22.6 Å². The minimum Gasteiger partial charge on any atom is -0.479 e. The molecule has 0 atom stereocenters. The summed E-state index contributed by atoms with van der Waals surface area (Å²) in [7, 11) is 0. The zero-order valence-electron chi connectivity index (χ0n) is 11.2. The van der Waals surface area contributed by atoms with E-state index in [0.717, 1.165) is 6.07 Å². The number of primary amides is 1. The van der Waals surface area contributed by atoms with E-state index in [1.54, 1.807) is 0 Å². The molecule has 0 bridgehead atoms. The van der Waals surface area contributed by atoms with Crippen LogP contribution in [-0.2, 0) is 0 Å². The van der Waals surface area contributed by atoms with E-state index in [2.05, 4.69) is 10.3 Å². The summed E-state index contributed by atoms with van der Waals surface area (Å²) >= 11 is 2.00. The molecule has 114 valence electrons. The van der Waals surface area contributed by atoms with Crippen molar-refractivity contribution in [2.45, 2.75) is 0 Å². The van der Waals surface area contributed by atoms with Crippen molar-refractivity contribution in [1.29, 1.82) is 0 Å². The molecule has 1 aromatic carbocycles. The number of ether oxygens (including phenoxy) is 1. The molecule has 3 N–H and O–H groups in total. The smallest absolute Gasteiger partial charge is 0.251 e. The topological polar surface area (TPSA) is 94.3 Å². The van der Waals surface area contributed by atoms with Crippen LogP contribution in [0.15, 0.2) is 30.5 Å². The maximum atomic E-state index is 13.7. The first kappa shape index (κ1) is 16.1. The number of aromatic nitrogens is 1. The quantitative estimate of drug-likeness (QED) is 0.430. The Balaban J connectivity index is 2.32. The first-order chi connectivity index (χ1) is 10.5. The van der Waals surface area contributed by atoms with Crippen molar-refractivity contribution in [2.75, 3.05) is 9.93 Å². The highest BCUT2D eigenvalue weighted by atomic mass is 127. The van der Waals surface area contributed by atoms with Crippen molar-refractivity contribution < 1.29 is 18.7 Å². The lowest BCUT2D eigenvalue weighted by Crippen LogP contribution is -2.13. The third-order valence-electron chi connectivity index (χ3n) is 2.72. The SMILES string of the molecule is NC(=O)c1ccc(Nc2ncc(C=O)cc2OCI)cc1F. The number of halogens is 2. The number of pyridine rings is 1. The average molecular weight is 415 g/mol. The highest BCUT2D eigenvalue weighted by Gasteiger charge is 2.11. The number of rotatable bonds is 6. The molecule has 8 heteroatoms. The number of carbonyl (C=O) groups is 2. The Morgan fingerprint density at radius 3 is 2.82 bits per heavy atom. The van der Waals surface area contributed by atoms with Crippen molar-refractivity contribution in [3.63, 3.8) is 0 Å². The van der Waals surface area contributed by atoms with Crippen molar-refractivity contribution in [3.8, 4) is 5.75 Å². The summed E-state index contributed by atoms with van der Waals surface area (Å²) in [5, 5.41) is 2.87. The van der Waals surface area contributed by atoms with Crippen molar-refractivity contribution in [3.05, 3.63) is 47.4 Å². The molecule has 0 radical (unpaired) electrons. The van der Waals surface area contributed by atoms with Gasteiger partial charge in [0.05, 0.1) is 5.56 Å². The van der Waals surface area contributed by atoms with E-state index in [-0.39, 0.29) is 5.56 Å². The number of alkyl halides is 1. The number of nitrogens with one attached hydrogen (secondary N) is 1. The standard InChI is InChI=1S/C14H11FIN3O3/c15-11-4-9(1-2-10(11)13(17)21)19-14-12(22-7-16)3-8(6-20)5-18-14/h1-6H,7H2,(H2,17,21)(H,18,19). The Morgan fingerprint density at radius 2 is 2.23 bits per heavy atom. The van der Waals surface area contributed by atoms with E-state index >= 15 is 0 Å². The molecule has 22 heavy (non-hydrogen) atoms. The fourth-order valence-corrected chi connectivity index (χ4v) is 2.05. The maximum Gasteiger partial charge on any atom is 0.251 e. The molecule has 0 spiro atoms. The summed E-state index contributed by atoms with van der Waals surface area (Å²) in [6, 6.07) is 5.42. The van der Waals surface area contributed by atoms with Crippen LogP contribution in [0.4, 0.5) is 15.9 Å². The van der Waals surface area contributed by atoms with Crippen LogP contribution in [0.1, 0.15) is 20.7 Å². The van der Waals surface area contributed by atoms with Crippen LogP contribution < -0.4 is 15.8 Å². The van der Waals surface area contributed by atoms with Gasteiger partial charge >= 0.3 is 0 Å². The van der Waals surface area contributed by atoms with Crippen LogP contribution in [0, 0.1) is 5.82 Å². The number of nitrogens with zero attached hydrogens (tertiary/aromatic N) is 1. The van der Waals surface area contributed by atoms with Crippen molar-refractivity contribution >= 4 is 46.3 Å². The lowest BCUT2D eigenvalue weighted by Gasteiger charge is -2.12. The molecule has 2 aromatic rings. The average Bonchev–Trinajstić information content (AvgIpc) is 2.49. The highest BCUT2D eigenvalue weighted by Crippen LogP contribution is 2.27. The minimum atomic E-state index is -0.841. The summed E-state index contributed by atoms with van der Waals surface area (Å²) in [5.74, 6) is -0.892. The minimum absolute atomic E-state index is 0.196. The Bertz CT molecular complexity index is 724. The molecule has 0 aliphatic heterocycles. The number of benzene rings is 1. The van der Waals surface area contributed by atoms with Gasteiger partial charge in [-0.1, -0.05) is 0 Å². The van der Waals surface area contributed by atoms with Gasteiger partial charge in [0, 0.05) is 17.4 Å². The second-order valence-electron chi connectivity index (χ2n) is 4.17. The van der Waals surface area contributed by atoms with Crippen molar-refractivity contribution in [2.24, 2.45) is 5.73 Å². The van der Waals surface area contributed by atoms with E-state index in [4.69, 9.17) is 10.5 Å². The second kappa shape index (κ2) is 7.16. The van der Waals surface area contributed by atoms with Crippen LogP contribution in [0.3, 0.4) is 0 Å². The van der Waals surface area contributed by atoms with Gasteiger partial charge in [0.1, 0.15) is 10.4 Å². The molecule has 0 aliphatic carbocycles. The molecule has 0 saturated carbocycles. The highest BCUT2D eigenvalue weighted by molar-refractivity contribution is 14.1. The molecule has 6 nitrogen and oxygen atoms in total. The van der Waals surface area contributed by atoms with Crippen LogP contribution in [0.5, 0.6) is 5.75 Å². The van der Waals surface area contributed by atoms with Crippen LogP contribution in [0.25, 0.3) is 0 Å². The fourth-order valence-electron chi connectivity index (χ4n) is 1.72. The number of hydrogen-bond donors (Lipinski definition) is 2. The largest absolute Gasteiger partial charge is 0.479 e. The first-order valence-electron chi connectivity index (χ1n) is 6.05. The van der Waals surface area contributed by atoms with Gasteiger partial charge in [0.15, 0.2) is 17.9 Å². The number of amides is 1. The molecule has 0 fully saturated rings. The predicted molar refractivity (Wildman–Crippen MR) is 87.3 cm³/mol. The number of carbonyl (C=O) groups excluding carboxylic acids is 2. The van der Waals surface area contributed by atoms with E-state index in [0.29, 0.717) is 33.7 Å². The van der Waals surface area contributed by atoms with Gasteiger partial charge in [-0.2, -0.15) is 0 Å². The van der Waals surface area contributed by atoms with Gasteiger partial charge in [-0.25, -0.2) is 9.37 Å². The summed E-state index contributed by atoms with van der Waals surface area (Å²) in [6.45, 7) is 0. The first-order valence-corrected chi connectivity index (χ1v) is 7.58. The van der Waals surface area contributed by atoms with Gasteiger partial charge in [0.2, 0.25) is 0 Å². The number of aldehydes is 1. The molecule has 1 aromatic heterocycles. The van der Waals surface area contributed by atoms with Crippen LogP contribution in [0.2, 0.25) is 0 Å². The molecule has 2 rings (SSSR count). The summed E-state index contributed by atoms with van der Waals surface area (Å²) in [4.78, 5) is 25.8. The zero-order valence-corrected chi connectivity index (χ0v) is 13.3. The summed E-state index contributed by atoms with van der Waals surface area (Å²) < 4.78 is 19.5. The second-order valence-corrected chi connectivity index (χ2v) is 4.79. The van der Waals surface area contributed by atoms with E-state index in [1.165, 1.54) is 24.4 Å². The van der Waals surface area contributed by atoms with E-state index in [9.17, 15) is 14.0 Å². The molecule has 0 aliphatic rings. The van der Waals surface area contributed by atoms with Gasteiger partial charge < -0.3 is 15.8 Å². The van der Waals surface area contributed by atoms with Gasteiger partial charge in [-0.15, -0.1) is 0 Å². The summed E-state index contributed by atoms with van der Waals surface area (Å²) in [5.41, 5.74) is 5.58. The molecular weight excluding hydrogens is 404 g/mol. The number of anilines is 2. The lowest BCUT2D eigenvalue weighted by molar-refractivity contribution is 0.0996. The van der Waals surface area contributed by atoms with Gasteiger partial charge in [-0.05, 0) is 46.9 Å². The van der Waals surface area contributed by atoms with Gasteiger partial charge in [0.25, 0.3) is 5.91 Å². The molecule has 0 saturated heterocycles. The Hall–Kier alpha value is -2.23. The molecule has 1 amide bonds. The lowest BCUT2D eigenvalue weighted by atomic mass is 10.2. The van der Waals surface area contributed by atoms with Crippen LogP contribution in [-0.4, -0.2) is 21.8 Å². The molecular formula is C14H11FIN3O3.